The van der Waals surface area contributed by atoms with Gasteiger partial charge in [0.25, 0.3) is 0 Å². The first-order valence-corrected chi connectivity index (χ1v) is 7.14. The zero-order valence-corrected chi connectivity index (χ0v) is 12.4. The Bertz CT molecular complexity index is 491. The summed E-state index contributed by atoms with van der Waals surface area (Å²) in [5.41, 5.74) is 2.61. The summed E-state index contributed by atoms with van der Waals surface area (Å²) in [4.78, 5) is 2.22. The molecule has 0 N–H and O–H groups in total. The zero-order valence-electron chi connectivity index (χ0n) is 12.4. The molecule has 2 rings (SSSR count). The van der Waals surface area contributed by atoms with Gasteiger partial charge in [-0.2, -0.15) is 0 Å². The van der Waals surface area contributed by atoms with Crippen molar-refractivity contribution in [3.8, 4) is 5.75 Å². The molecule has 2 nitrogen and oxygen atoms in total. The van der Waals surface area contributed by atoms with Gasteiger partial charge >= 0.3 is 0 Å². The number of aryl methyl sites for hydroxylation is 1. The van der Waals surface area contributed by atoms with Crippen LogP contribution in [-0.2, 0) is 13.0 Å². The summed E-state index contributed by atoms with van der Waals surface area (Å²) < 4.78 is 5.74. The van der Waals surface area contributed by atoms with E-state index in [9.17, 15) is 0 Å². The Kier molecular flexibility index (Phi) is 5.63. The lowest BCUT2D eigenvalue weighted by Gasteiger charge is -2.09. The van der Waals surface area contributed by atoms with Gasteiger partial charge in [-0.05, 0) is 56.7 Å². The summed E-state index contributed by atoms with van der Waals surface area (Å²) in [6.07, 6.45) is 2.34. The Morgan fingerprint density at radius 3 is 2.15 bits per heavy atom. The fourth-order valence-corrected chi connectivity index (χ4v) is 2.08. The van der Waals surface area contributed by atoms with E-state index in [1.807, 2.05) is 30.3 Å². The molecule has 0 bridgehead atoms. The van der Waals surface area contributed by atoms with E-state index >= 15 is 0 Å². The minimum atomic E-state index is 0.627. The summed E-state index contributed by atoms with van der Waals surface area (Å²) in [5.74, 6) is 0.919. The lowest BCUT2D eigenvalue weighted by atomic mass is 10.1. The molecule has 0 heterocycles. The van der Waals surface area contributed by atoms with Crippen molar-refractivity contribution < 1.29 is 4.74 Å². The molecular formula is C18H23NO. The molecule has 0 saturated heterocycles. The molecule has 0 saturated carbocycles. The predicted molar refractivity (Wildman–Crippen MR) is 84.1 cm³/mol. The Hall–Kier alpha value is -1.80. The maximum Gasteiger partial charge on any atom is 0.119 e. The van der Waals surface area contributed by atoms with Crippen LogP contribution in [0.1, 0.15) is 17.5 Å². The van der Waals surface area contributed by atoms with Gasteiger partial charge in [0.2, 0.25) is 0 Å². The maximum absolute atomic E-state index is 5.74. The highest BCUT2D eigenvalue weighted by molar-refractivity contribution is 5.24. The highest BCUT2D eigenvalue weighted by atomic mass is 16.5. The number of benzene rings is 2. The van der Waals surface area contributed by atoms with Crippen LogP contribution < -0.4 is 4.74 Å². The minimum Gasteiger partial charge on any atom is -0.489 e. The van der Waals surface area contributed by atoms with Gasteiger partial charge in [0.15, 0.2) is 0 Å². The third-order valence-corrected chi connectivity index (χ3v) is 3.24. The monoisotopic (exact) mass is 269 g/mol. The van der Waals surface area contributed by atoms with Gasteiger partial charge in [0.1, 0.15) is 12.4 Å². The molecule has 0 fully saturated rings. The molecule has 0 aliphatic heterocycles. The van der Waals surface area contributed by atoms with Gasteiger partial charge in [-0.15, -0.1) is 0 Å². The number of ether oxygens (including phenoxy) is 1. The molecule has 2 aromatic rings. The van der Waals surface area contributed by atoms with E-state index in [2.05, 4.69) is 43.3 Å². The van der Waals surface area contributed by atoms with Gasteiger partial charge < -0.3 is 9.64 Å². The number of rotatable bonds is 7. The predicted octanol–water partition coefficient (Wildman–Crippen LogP) is 3.76. The van der Waals surface area contributed by atoms with Crippen molar-refractivity contribution >= 4 is 0 Å². The zero-order chi connectivity index (χ0) is 14.2. The van der Waals surface area contributed by atoms with E-state index in [1.165, 1.54) is 17.5 Å². The highest BCUT2D eigenvalue weighted by Crippen LogP contribution is 2.13. The quantitative estimate of drug-likeness (QED) is 0.759. The van der Waals surface area contributed by atoms with Crippen LogP contribution in [0.25, 0.3) is 0 Å². The van der Waals surface area contributed by atoms with Crippen LogP contribution in [0.2, 0.25) is 0 Å². The van der Waals surface area contributed by atoms with E-state index in [4.69, 9.17) is 4.74 Å². The van der Waals surface area contributed by atoms with E-state index in [0.29, 0.717) is 6.61 Å². The Morgan fingerprint density at radius 1 is 0.850 bits per heavy atom. The number of nitrogens with zero attached hydrogens (tertiary/aromatic N) is 1. The second kappa shape index (κ2) is 7.71. The molecule has 0 aliphatic carbocycles. The third-order valence-electron chi connectivity index (χ3n) is 3.24. The van der Waals surface area contributed by atoms with E-state index in [1.54, 1.807) is 0 Å². The fourth-order valence-electron chi connectivity index (χ4n) is 2.08. The van der Waals surface area contributed by atoms with Gasteiger partial charge in [0, 0.05) is 0 Å². The van der Waals surface area contributed by atoms with Crippen LogP contribution in [0.5, 0.6) is 5.75 Å². The lowest BCUT2D eigenvalue weighted by molar-refractivity contribution is 0.306. The largest absolute Gasteiger partial charge is 0.489 e. The molecule has 0 atom stereocenters. The van der Waals surface area contributed by atoms with Gasteiger partial charge in [0.05, 0.1) is 0 Å². The fraction of sp³-hybridized carbons (Fsp3) is 0.333. The van der Waals surface area contributed by atoms with Crippen LogP contribution in [0.3, 0.4) is 0 Å². The van der Waals surface area contributed by atoms with Crippen molar-refractivity contribution in [3.05, 3.63) is 65.7 Å². The maximum atomic E-state index is 5.74. The molecule has 106 valence electrons. The summed E-state index contributed by atoms with van der Waals surface area (Å²) in [5, 5.41) is 0. The molecule has 0 aliphatic rings. The average Bonchev–Trinajstić information content (AvgIpc) is 2.47. The Labute approximate surface area is 122 Å². The number of para-hydroxylation sites is 1. The first-order chi connectivity index (χ1) is 9.74. The average molecular weight is 269 g/mol. The van der Waals surface area contributed by atoms with Crippen molar-refractivity contribution in [2.75, 3.05) is 20.6 Å². The molecular weight excluding hydrogens is 246 g/mol. The third kappa shape index (κ3) is 5.06. The highest BCUT2D eigenvalue weighted by Gasteiger charge is 1.98. The van der Waals surface area contributed by atoms with Gasteiger partial charge in [-0.3, -0.25) is 0 Å². The molecule has 0 amide bonds. The SMILES string of the molecule is CN(C)CCCc1ccc(COc2ccccc2)cc1. The smallest absolute Gasteiger partial charge is 0.119 e. The van der Waals surface area contributed by atoms with E-state index < -0.39 is 0 Å². The number of hydrogen-bond donors (Lipinski definition) is 0. The number of hydrogen-bond acceptors (Lipinski definition) is 2. The summed E-state index contributed by atoms with van der Waals surface area (Å²) in [6, 6.07) is 18.7. The van der Waals surface area contributed by atoms with Crippen molar-refractivity contribution in [1.82, 2.24) is 4.90 Å². The molecule has 0 spiro atoms. The first-order valence-electron chi connectivity index (χ1n) is 7.14. The lowest BCUT2D eigenvalue weighted by Crippen LogP contribution is -2.13. The molecule has 0 unspecified atom stereocenters. The van der Waals surface area contributed by atoms with Gasteiger partial charge in [-0.25, -0.2) is 0 Å². The van der Waals surface area contributed by atoms with Crippen molar-refractivity contribution in [2.45, 2.75) is 19.4 Å². The Morgan fingerprint density at radius 2 is 1.50 bits per heavy atom. The van der Waals surface area contributed by atoms with E-state index in [-0.39, 0.29) is 0 Å². The van der Waals surface area contributed by atoms with Crippen LogP contribution in [0, 0.1) is 0 Å². The van der Waals surface area contributed by atoms with Gasteiger partial charge in [-0.1, -0.05) is 42.5 Å². The van der Waals surface area contributed by atoms with Crippen LogP contribution in [-0.4, -0.2) is 25.5 Å². The summed E-state index contributed by atoms with van der Waals surface area (Å²) in [7, 11) is 4.23. The second-order valence-corrected chi connectivity index (χ2v) is 5.33. The summed E-state index contributed by atoms with van der Waals surface area (Å²) >= 11 is 0. The van der Waals surface area contributed by atoms with Crippen LogP contribution >= 0.6 is 0 Å². The molecule has 20 heavy (non-hydrogen) atoms. The molecule has 0 radical (unpaired) electrons. The summed E-state index contributed by atoms with van der Waals surface area (Å²) in [6.45, 7) is 1.76. The van der Waals surface area contributed by atoms with Crippen molar-refractivity contribution in [3.63, 3.8) is 0 Å². The first kappa shape index (κ1) is 14.6. The molecule has 0 aromatic heterocycles. The molecule has 2 aromatic carbocycles. The Balaban J connectivity index is 1.79. The minimum absolute atomic E-state index is 0.627. The normalized spacial score (nSPS) is 10.8. The van der Waals surface area contributed by atoms with E-state index in [0.717, 1.165) is 18.7 Å². The van der Waals surface area contributed by atoms with Crippen LogP contribution in [0.15, 0.2) is 54.6 Å². The standard InChI is InChI=1S/C18H23NO/c1-19(2)14-6-7-16-10-12-17(13-11-16)15-20-18-8-4-3-5-9-18/h3-5,8-13H,6-7,14-15H2,1-2H3. The second-order valence-electron chi connectivity index (χ2n) is 5.33. The van der Waals surface area contributed by atoms with Crippen LogP contribution in [0.4, 0.5) is 0 Å². The molecule has 2 heteroatoms. The van der Waals surface area contributed by atoms with Crippen molar-refractivity contribution in [2.24, 2.45) is 0 Å². The van der Waals surface area contributed by atoms with Crippen molar-refractivity contribution in [1.29, 1.82) is 0 Å². The topological polar surface area (TPSA) is 12.5 Å².